The molecule has 6 nitrogen and oxygen atoms in total. The molecule has 34 heavy (non-hydrogen) atoms. The second kappa shape index (κ2) is 13.6. The van der Waals surface area contributed by atoms with Gasteiger partial charge >= 0.3 is 0 Å². The lowest BCUT2D eigenvalue weighted by molar-refractivity contribution is -0.132. The van der Waals surface area contributed by atoms with Gasteiger partial charge < -0.3 is 19.9 Å². The van der Waals surface area contributed by atoms with Gasteiger partial charge in [-0.1, -0.05) is 42.5 Å². The number of amides is 1. The lowest BCUT2D eigenvalue weighted by Crippen LogP contribution is -2.47. The Kier molecular flexibility index (Phi) is 10.5. The molecule has 0 aliphatic carbocycles. The molecule has 1 N–H and O–H groups in total. The van der Waals surface area contributed by atoms with E-state index in [0.29, 0.717) is 13.0 Å². The summed E-state index contributed by atoms with van der Waals surface area (Å²) >= 11 is 0. The van der Waals surface area contributed by atoms with Gasteiger partial charge in [0.05, 0.1) is 0 Å². The summed E-state index contributed by atoms with van der Waals surface area (Å²) in [6.07, 6.45) is 4.49. The van der Waals surface area contributed by atoms with Crippen LogP contribution in [0.3, 0.4) is 0 Å². The molecule has 2 aromatic carbocycles. The zero-order valence-corrected chi connectivity index (χ0v) is 22.4. The van der Waals surface area contributed by atoms with Crippen molar-refractivity contribution in [3.8, 4) is 5.75 Å². The first-order valence-electron chi connectivity index (χ1n) is 12.3. The summed E-state index contributed by atoms with van der Waals surface area (Å²) in [6.45, 7) is 7.01. The van der Waals surface area contributed by atoms with E-state index >= 15 is 0 Å². The topological polar surface area (TPSA) is 57.2 Å². The molecule has 1 fully saturated rings. The standard InChI is InChI=1S/C27H36N4O2.HI/c1-2-28-27(30-19-15-25(16-20-30)33-24-11-4-3-5-12-24)29-17-8-13-26(32)31-18-14-22-9-6-7-10-23(22)21-31;/h3-7,9-12,25H,2,8,13-21H2,1H3,(H,28,29);1H. The molecular weight excluding hydrogens is 539 g/mol. The molecule has 0 atom stereocenters. The zero-order chi connectivity index (χ0) is 22.9. The largest absolute Gasteiger partial charge is 0.490 e. The molecule has 1 saturated heterocycles. The molecule has 2 aromatic rings. The van der Waals surface area contributed by atoms with Gasteiger partial charge in [-0.2, -0.15) is 0 Å². The number of nitrogens with one attached hydrogen (secondary N) is 1. The van der Waals surface area contributed by atoms with Gasteiger partial charge in [0.1, 0.15) is 11.9 Å². The third-order valence-electron chi connectivity index (χ3n) is 6.42. The molecule has 0 spiro atoms. The molecule has 0 radical (unpaired) electrons. The van der Waals surface area contributed by atoms with Gasteiger partial charge in [-0.25, -0.2) is 0 Å². The highest BCUT2D eigenvalue weighted by Crippen LogP contribution is 2.20. The van der Waals surface area contributed by atoms with Gasteiger partial charge in [-0.05, 0) is 43.0 Å². The molecule has 0 aromatic heterocycles. The van der Waals surface area contributed by atoms with Gasteiger partial charge in [0, 0.05) is 58.5 Å². The van der Waals surface area contributed by atoms with Gasteiger partial charge in [-0.3, -0.25) is 9.79 Å². The number of likely N-dealkylation sites (tertiary alicyclic amines) is 1. The predicted molar refractivity (Wildman–Crippen MR) is 148 cm³/mol. The maximum absolute atomic E-state index is 12.7. The van der Waals surface area contributed by atoms with Crippen LogP contribution in [0.25, 0.3) is 0 Å². The molecule has 0 unspecified atom stereocenters. The fourth-order valence-corrected chi connectivity index (χ4v) is 4.58. The van der Waals surface area contributed by atoms with E-state index in [2.05, 4.69) is 41.4 Å². The number of guanidine groups is 1. The maximum Gasteiger partial charge on any atom is 0.222 e. The monoisotopic (exact) mass is 576 g/mol. The van der Waals surface area contributed by atoms with Crippen LogP contribution in [-0.4, -0.2) is 60.5 Å². The number of hydrogen-bond acceptors (Lipinski definition) is 3. The molecule has 2 aliphatic heterocycles. The Morgan fingerprint density at radius 2 is 1.71 bits per heavy atom. The fraction of sp³-hybridized carbons (Fsp3) is 0.481. The number of carbonyl (C=O) groups is 1. The van der Waals surface area contributed by atoms with E-state index in [9.17, 15) is 4.79 Å². The van der Waals surface area contributed by atoms with Crippen molar-refractivity contribution < 1.29 is 9.53 Å². The van der Waals surface area contributed by atoms with Crippen molar-refractivity contribution in [3.63, 3.8) is 0 Å². The average molecular weight is 577 g/mol. The lowest BCUT2D eigenvalue weighted by Gasteiger charge is -2.34. The minimum absolute atomic E-state index is 0. The van der Waals surface area contributed by atoms with E-state index in [1.807, 2.05) is 35.2 Å². The highest BCUT2D eigenvalue weighted by molar-refractivity contribution is 14.0. The highest BCUT2D eigenvalue weighted by Gasteiger charge is 2.23. The van der Waals surface area contributed by atoms with Crippen molar-refractivity contribution in [2.45, 2.75) is 51.7 Å². The Labute approximate surface area is 220 Å². The van der Waals surface area contributed by atoms with Crippen LogP contribution in [0.2, 0.25) is 0 Å². The molecule has 2 aliphatic rings. The molecule has 0 saturated carbocycles. The van der Waals surface area contributed by atoms with Crippen LogP contribution in [-0.2, 0) is 17.8 Å². The van der Waals surface area contributed by atoms with Crippen molar-refractivity contribution in [2.75, 3.05) is 32.7 Å². The third-order valence-corrected chi connectivity index (χ3v) is 6.42. The molecule has 7 heteroatoms. The fourth-order valence-electron chi connectivity index (χ4n) is 4.58. The van der Waals surface area contributed by atoms with Crippen molar-refractivity contribution in [2.24, 2.45) is 4.99 Å². The SMILES string of the molecule is CCNC(=NCCCC(=O)N1CCc2ccccc2C1)N1CCC(Oc2ccccc2)CC1.I. The van der Waals surface area contributed by atoms with E-state index in [4.69, 9.17) is 9.73 Å². The molecule has 2 heterocycles. The first-order valence-corrected chi connectivity index (χ1v) is 12.3. The van der Waals surface area contributed by atoms with E-state index in [1.54, 1.807) is 0 Å². The van der Waals surface area contributed by atoms with Gasteiger partial charge in [-0.15, -0.1) is 24.0 Å². The molecular formula is C27H37IN4O2. The molecule has 184 valence electrons. The minimum atomic E-state index is 0. The van der Waals surface area contributed by atoms with Crippen LogP contribution in [0, 0.1) is 0 Å². The van der Waals surface area contributed by atoms with E-state index in [0.717, 1.165) is 70.1 Å². The summed E-state index contributed by atoms with van der Waals surface area (Å²) in [5.41, 5.74) is 2.66. The Morgan fingerprint density at radius 3 is 2.44 bits per heavy atom. The highest BCUT2D eigenvalue weighted by atomic mass is 127. The number of para-hydroxylation sites is 1. The number of benzene rings is 2. The lowest BCUT2D eigenvalue weighted by atomic mass is 9.99. The normalized spacial score (nSPS) is 16.4. The number of halogens is 1. The van der Waals surface area contributed by atoms with Gasteiger partial charge in [0.15, 0.2) is 5.96 Å². The summed E-state index contributed by atoms with van der Waals surface area (Å²) in [4.78, 5) is 21.8. The second-order valence-corrected chi connectivity index (χ2v) is 8.79. The van der Waals surface area contributed by atoms with Crippen LogP contribution in [0.4, 0.5) is 0 Å². The van der Waals surface area contributed by atoms with Crippen molar-refractivity contribution in [1.82, 2.24) is 15.1 Å². The van der Waals surface area contributed by atoms with Gasteiger partial charge in [0.2, 0.25) is 5.91 Å². The minimum Gasteiger partial charge on any atom is -0.490 e. The van der Waals surface area contributed by atoms with Crippen molar-refractivity contribution in [1.29, 1.82) is 0 Å². The summed E-state index contributed by atoms with van der Waals surface area (Å²) in [5.74, 6) is 2.14. The second-order valence-electron chi connectivity index (χ2n) is 8.79. The number of rotatable bonds is 7. The number of fused-ring (bicyclic) bond motifs is 1. The summed E-state index contributed by atoms with van der Waals surface area (Å²) < 4.78 is 6.12. The Hall–Kier alpha value is -2.29. The summed E-state index contributed by atoms with van der Waals surface area (Å²) in [5, 5.41) is 3.42. The quantitative estimate of drug-likeness (QED) is 0.229. The average Bonchev–Trinajstić information content (AvgIpc) is 2.86. The van der Waals surface area contributed by atoms with Crippen LogP contribution < -0.4 is 10.1 Å². The molecule has 0 bridgehead atoms. The number of carbonyl (C=O) groups excluding carboxylic acids is 1. The van der Waals surface area contributed by atoms with Crippen LogP contribution in [0.1, 0.15) is 43.7 Å². The number of nitrogens with zero attached hydrogens (tertiary/aromatic N) is 3. The Bertz CT molecular complexity index is 929. The first kappa shape index (κ1) is 26.3. The number of ether oxygens (including phenoxy) is 1. The first-order chi connectivity index (χ1) is 16.2. The Morgan fingerprint density at radius 1 is 1.00 bits per heavy atom. The van der Waals surface area contributed by atoms with E-state index in [-0.39, 0.29) is 36.0 Å². The summed E-state index contributed by atoms with van der Waals surface area (Å²) in [7, 11) is 0. The van der Waals surface area contributed by atoms with E-state index in [1.165, 1.54) is 11.1 Å². The maximum atomic E-state index is 12.7. The molecule has 1 amide bonds. The van der Waals surface area contributed by atoms with Crippen LogP contribution >= 0.6 is 24.0 Å². The van der Waals surface area contributed by atoms with Gasteiger partial charge in [0.25, 0.3) is 0 Å². The number of hydrogen-bond donors (Lipinski definition) is 1. The van der Waals surface area contributed by atoms with Crippen LogP contribution in [0.5, 0.6) is 5.75 Å². The van der Waals surface area contributed by atoms with Crippen molar-refractivity contribution >= 4 is 35.8 Å². The molecule has 4 rings (SSSR count). The summed E-state index contributed by atoms with van der Waals surface area (Å²) in [6, 6.07) is 18.5. The van der Waals surface area contributed by atoms with Crippen LogP contribution in [0.15, 0.2) is 59.6 Å². The number of aliphatic imine (C=N–C) groups is 1. The number of piperidine rings is 1. The Balaban J connectivity index is 0.00000324. The third kappa shape index (κ3) is 7.35. The zero-order valence-electron chi connectivity index (χ0n) is 20.1. The smallest absolute Gasteiger partial charge is 0.222 e. The predicted octanol–water partition coefficient (Wildman–Crippen LogP) is 4.48. The van der Waals surface area contributed by atoms with Crippen molar-refractivity contribution in [3.05, 3.63) is 65.7 Å². The van der Waals surface area contributed by atoms with E-state index < -0.39 is 0 Å².